The highest BCUT2D eigenvalue weighted by Gasteiger charge is 2.17. The second-order valence-electron chi connectivity index (χ2n) is 7.67. The molecule has 0 bridgehead atoms. The molecule has 0 aliphatic carbocycles. The number of hydrogen-bond donors (Lipinski definition) is 2. The standard InChI is InChI=1S/C26H18Cl2FNO5/c27-18-7-8-23(35-14-16-4-6-19(28)11-21(16)29)17(10-18)13-30-12-15(5-9-24(31)32)25-20(26(33)34)2-1-3-22(25)30/h1-12H,13-14H2,(H,31,32)(H,33,34)/b9-5+. The van der Waals surface area contributed by atoms with Crippen molar-refractivity contribution >= 4 is 52.1 Å². The van der Waals surface area contributed by atoms with Crippen molar-refractivity contribution in [3.05, 3.63) is 105 Å². The number of nitrogens with zero attached hydrogens (tertiary/aromatic N) is 1. The van der Waals surface area contributed by atoms with Gasteiger partial charge in [0.2, 0.25) is 0 Å². The molecule has 0 aliphatic rings. The summed E-state index contributed by atoms with van der Waals surface area (Å²) >= 11 is 12.0. The first-order valence-corrected chi connectivity index (χ1v) is 11.1. The summed E-state index contributed by atoms with van der Waals surface area (Å²) in [5, 5.41) is 19.9. The van der Waals surface area contributed by atoms with Gasteiger partial charge in [0.15, 0.2) is 0 Å². The highest BCUT2D eigenvalue weighted by Crippen LogP contribution is 2.31. The van der Waals surface area contributed by atoms with Crippen molar-refractivity contribution in [2.75, 3.05) is 0 Å². The molecule has 0 amide bonds. The Kier molecular flexibility index (Phi) is 7.10. The van der Waals surface area contributed by atoms with E-state index in [2.05, 4.69) is 0 Å². The summed E-state index contributed by atoms with van der Waals surface area (Å²) in [5.74, 6) is -2.31. The lowest BCUT2D eigenvalue weighted by atomic mass is 10.1. The lowest BCUT2D eigenvalue weighted by Crippen LogP contribution is -2.04. The zero-order valence-corrected chi connectivity index (χ0v) is 19.6. The molecule has 178 valence electrons. The molecular weight excluding hydrogens is 496 g/mol. The molecule has 4 rings (SSSR count). The molecule has 3 aromatic carbocycles. The Morgan fingerprint density at radius 3 is 2.46 bits per heavy atom. The van der Waals surface area contributed by atoms with Crippen molar-refractivity contribution in [3.8, 4) is 5.75 Å². The van der Waals surface area contributed by atoms with Gasteiger partial charge in [-0.05, 0) is 48.5 Å². The van der Waals surface area contributed by atoms with Gasteiger partial charge >= 0.3 is 11.9 Å². The van der Waals surface area contributed by atoms with Gasteiger partial charge in [-0.1, -0.05) is 35.3 Å². The van der Waals surface area contributed by atoms with Crippen LogP contribution in [0.15, 0.2) is 66.9 Å². The minimum Gasteiger partial charge on any atom is -0.488 e. The maximum absolute atomic E-state index is 14.2. The van der Waals surface area contributed by atoms with Crippen LogP contribution < -0.4 is 4.74 Å². The minimum absolute atomic E-state index is 0.0418. The molecule has 0 atom stereocenters. The molecular formula is C26H18Cl2FNO5. The van der Waals surface area contributed by atoms with E-state index in [4.69, 9.17) is 33.0 Å². The van der Waals surface area contributed by atoms with Gasteiger partial charge in [0, 0.05) is 49.9 Å². The number of carbonyl (C=O) groups is 2. The monoisotopic (exact) mass is 513 g/mol. The number of hydrogen-bond acceptors (Lipinski definition) is 3. The zero-order chi connectivity index (χ0) is 25.1. The van der Waals surface area contributed by atoms with E-state index in [-0.39, 0.29) is 23.7 Å². The third kappa shape index (κ3) is 5.48. The Morgan fingerprint density at radius 2 is 1.74 bits per heavy atom. The molecule has 0 saturated heterocycles. The van der Waals surface area contributed by atoms with E-state index >= 15 is 0 Å². The predicted molar refractivity (Wildman–Crippen MR) is 132 cm³/mol. The summed E-state index contributed by atoms with van der Waals surface area (Å²) in [7, 11) is 0. The smallest absolute Gasteiger partial charge is 0.336 e. The number of aromatic nitrogens is 1. The summed E-state index contributed by atoms with van der Waals surface area (Å²) in [6.45, 7) is 0.194. The van der Waals surface area contributed by atoms with Gasteiger partial charge < -0.3 is 19.5 Å². The molecule has 1 aromatic heterocycles. The van der Waals surface area contributed by atoms with Crippen LogP contribution in [0.3, 0.4) is 0 Å². The fraction of sp³-hybridized carbons (Fsp3) is 0.0769. The molecule has 0 radical (unpaired) electrons. The average Bonchev–Trinajstić information content (AvgIpc) is 3.15. The Bertz CT molecular complexity index is 1480. The van der Waals surface area contributed by atoms with Crippen LogP contribution in [-0.4, -0.2) is 26.7 Å². The predicted octanol–water partition coefficient (Wildman–Crippen LogP) is 6.51. The topological polar surface area (TPSA) is 88.8 Å². The Labute approximate surface area is 209 Å². The molecule has 0 saturated carbocycles. The number of halogens is 3. The number of benzene rings is 3. The highest BCUT2D eigenvalue weighted by molar-refractivity contribution is 6.30. The van der Waals surface area contributed by atoms with Crippen molar-refractivity contribution in [1.82, 2.24) is 4.57 Å². The second kappa shape index (κ2) is 10.2. The lowest BCUT2D eigenvalue weighted by molar-refractivity contribution is -0.131. The first-order chi connectivity index (χ1) is 16.7. The molecule has 0 aliphatic heterocycles. The van der Waals surface area contributed by atoms with Crippen LogP contribution in [0.5, 0.6) is 5.75 Å². The van der Waals surface area contributed by atoms with Gasteiger partial charge in [-0.3, -0.25) is 0 Å². The van der Waals surface area contributed by atoms with E-state index in [9.17, 15) is 19.1 Å². The fourth-order valence-corrected chi connectivity index (χ4v) is 4.12. The highest BCUT2D eigenvalue weighted by atomic mass is 35.5. The van der Waals surface area contributed by atoms with E-state index in [1.54, 1.807) is 53.2 Å². The van der Waals surface area contributed by atoms with E-state index in [1.165, 1.54) is 18.2 Å². The maximum Gasteiger partial charge on any atom is 0.336 e. The van der Waals surface area contributed by atoms with Crippen LogP contribution in [0, 0.1) is 5.82 Å². The van der Waals surface area contributed by atoms with Crippen LogP contribution in [0.25, 0.3) is 17.0 Å². The SMILES string of the molecule is O=C(O)/C=C/c1cn(Cc2cc(Cl)ccc2OCc2ccc(Cl)cc2F)c2cccc(C(=O)O)c12. The van der Waals surface area contributed by atoms with Gasteiger partial charge in [-0.2, -0.15) is 0 Å². The van der Waals surface area contributed by atoms with Gasteiger partial charge in [0.05, 0.1) is 12.1 Å². The van der Waals surface area contributed by atoms with Crippen molar-refractivity contribution in [3.63, 3.8) is 0 Å². The summed E-state index contributed by atoms with van der Waals surface area (Å²) in [6.07, 6.45) is 3.97. The van der Waals surface area contributed by atoms with Crippen LogP contribution in [-0.2, 0) is 17.9 Å². The van der Waals surface area contributed by atoms with Crippen LogP contribution in [0.1, 0.15) is 27.0 Å². The largest absolute Gasteiger partial charge is 0.488 e. The normalized spacial score (nSPS) is 11.3. The van der Waals surface area contributed by atoms with Crippen LogP contribution in [0.4, 0.5) is 4.39 Å². The molecule has 1 heterocycles. The van der Waals surface area contributed by atoms with Crippen molar-refractivity contribution in [2.45, 2.75) is 13.2 Å². The Hall–Kier alpha value is -3.81. The molecule has 4 aromatic rings. The zero-order valence-electron chi connectivity index (χ0n) is 18.0. The van der Waals surface area contributed by atoms with Crippen molar-refractivity contribution in [1.29, 1.82) is 0 Å². The number of ether oxygens (including phenoxy) is 1. The number of fused-ring (bicyclic) bond motifs is 1. The van der Waals surface area contributed by atoms with E-state index in [0.717, 1.165) is 6.08 Å². The number of aromatic carboxylic acids is 1. The van der Waals surface area contributed by atoms with Gasteiger partial charge in [-0.25, -0.2) is 14.0 Å². The fourth-order valence-electron chi connectivity index (χ4n) is 3.77. The van der Waals surface area contributed by atoms with E-state index in [0.29, 0.717) is 38.4 Å². The molecule has 35 heavy (non-hydrogen) atoms. The number of aliphatic carboxylic acids is 1. The van der Waals surface area contributed by atoms with Crippen molar-refractivity contribution in [2.24, 2.45) is 0 Å². The van der Waals surface area contributed by atoms with Gasteiger partial charge in [0.25, 0.3) is 0 Å². The van der Waals surface area contributed by atoms with E-state index in [1.807, 2.05) is 0 Å². The summed E-state index contributed by atoms with van der Waals surface area (Å²) < 4.78 is 21.9. The summed E-state index contributed by atoms with van der Waals surface area (Å²) in [5.41, 5.74) is 2.07. The number of carboxylic acid groups (broad SMARTS) is 2. The van der Waals surface area contributed by atoms with Gasteiger partial charge in [-0.15, -0.1) is 0 Å². The Morgan fingerprint density at radius 1 is 1.00 bits per heavy atom. The molecule has 6 nitrogen and oxygen atoms in total. The Balaban J connectivity index is 1.73. The van der Waals surface area contributed by atoms with Gasteiger partial charge in [0.1, 0.15) is 18.2 Å². The molecule has 0 unspecified atom stereocenters. The number of carboxylic acids is 2. The first-order valence-electron chi connectivity index (χ1n) is 10.3. The average molecular weight is 514 g/mol. The molecule has 0 spiro atoms. The molecule has 9 heteroatoms. The number of rotatable bonds is 8. The molecule has 2 N–H and O–H groups in total. The maximum atomic E-state index is 14.2. The van der Waals surface area contributed by atoms with Crippen LogP contribution in [0.2, 0.25) is 10.0 Å². The van der Waals surface area contributed by atoms with Crippen molar-refractivity contribution < 1.29 is 28.9 Å². The third-order valence-electron chi connectivity index (χ3n) is 5.33. The first kappa shape index (κ1) is 24.3. The third-order valence-corrected chi connectivity index (χ3v) is 5.80. The van der Waals surface area contributed by atoms with Crippen LogP contribution >= 0.6 is 23.2 Å². The summed E-state index contributed by atoms with van der Waals surface area (Å²) in [6, 6.07) is 14.2. The molecule has 0 fully saturated rings. The van der Waals surface area contributed by atoms with E-state index < -0.39 is 17.8 Å². The second-order valence-corrected chi connectivity index (χ2v) is 8.54. The minimum atomic E-state index is -1.15. The lowest BCUT2D eigenvalue weighted by Gasteiger charge is -2.14. The summed E-state index contributed by atoms with van der Waals surface area (Å²) in [4.78, 5) is 22.9. The quantitative estimate of drug-likeness (QED) is 0.262.